The van der Waals surface area contributed by atoms with Gasteiger partial charge in [-0.2, -0.15) is 4.31 Å². The van der Waals surface area contributed by atoms with Crippen LogP contribution >= 0.6 is 0 Å². The number of fused-ring (bicyclic) bond motifs is 1. The van der Waals surface area contributed by atoms with Crippen molar-refractivity contribution in [3.05, 3.63) is 70.1 Å². The molecule has 0 bridgehead atoms. The summed E-state index contributed by atoms with van der Waals surface area (Å²) in [6.07, 6.45) is 1.24. The van der Waals surface area contributed by atoms with Crippen LogP contribution in [0.2, 0.25) is 0 Å². The molecule has 1 N–H and O–H groups in total. The molecule has 0 aliphatic rings. The first-order valence-electron chi connectivity index (χ1n) is 9.02. The van der Waals surface area contributed by atoms with E-state index in [9.17, 15) is 13.2 Å². The second kappa shape index (κ2) is 8.02. The van der Waals surface area contributed by atoms with Crippen LogP contribution in [0.3, 0.4) is 0 Å². The van der Waals surface area contributed by atoms with Crippen molar-refractivity contribution in [1.82, 2.24) is 14.3 Å². The van der Waals surface area contributed by atoms with Crippen LogP contribution in [0.15, 0.2) is 58.2 Å². The zero-order valence-corrected chi connectivity index (χ0v) is 16.3. The molecule has 0 radical (unpaired) electrons. The SMILES string of the molecule is CCN(CC)S(=O)(=O)c1ccc2nc(CCc3ccccc3)c(=O)[nH]c2c1. The number of aromatic nitrogens is 2. The fraction of sp³-hybridized carbons (Fsp3) is 0.300. The third kappa shape index (κ3) is 4.09. The molecule has 142 valence electrons. The van der Waals surface area contributed by atoms with E-state index in [1.54, 1.807) is 26.0 Å². The van der Waals surface area contributed by atoms with E-state index >= 15 is 0 Å². The highest BCUT2D eigenvalue weighted by Crippen LogP contribution is 2.19. The fourth-order valence-electron chi connectivity index (χ4n) is 3.05. The summed E-state index contributed by atoms with van der Waals surface area (Å²) < 4.78 is 26.7. The van der Waals surface area contributed by atoms with Gasteiger partial charge in [0, 0.05) is 13.1 Å². The number of sulfonamides is 1. The Kier molecular flexibility index (Phi) is 5.72. The average Bonchev–Trinajstić information content (AvgIpc) is 2.67. The lowest BCUT2D eigenvalue weighted by atomic mass is 10.1. The minimum atomic E-state index is -3.58. The third-order valence-electron chi connectivity index (χ3n) is 4.57. The van der Waals surface area contributed by atoms with Gasteiger partial charge in [0.15, 0.2) is 0 Å². The van der Waals surface area contributed by atoms with Crippen LogP contribution in [-0.2, 0) is 22.9 Å². The monoisotopic (exact) mass is 385 g/mol. The Labute approximate surface area is 158 Å². The minimum Gasteiger partial charge on any atom is -0.319 e. The molecule has 3 aromatic rings. The van der Waals surface area contributed by atoms with Gasteiger partial charge < -0.3 is 4.98 Å². The molecular weight excluding hydrogens is 362 g/mol. The molecule has 0 saturated carbocycles. The number of rotatable bonds is 7. The maximum atomic E-state index is 12.7. The molecule has 0 amide bonds. The van der Waals surface area contributed by atoms with E-state index in [1.165, 1.54) is 10.4 Å². The van der Waals surface area contributed by atoms with Gasteiger partial charge in [0.1, 0.15) is 5.69 Å². The number of nitrogens with one attached hydrogen (secondary N) is 1. The first-order valence-corrected chi connectivity index (χ1v) is 10.5. The van der Waals surface area contributed by atoms with Crippen molar-refractivity contribution in [3.8, 4) is 0 Å². The molecule has 27 heavy (non-hydrogen) atoms. The topological polar surface area (TPSA) is 83.1 Å². The quantitative estimate of drug-likeness (QED) is 0.678. The molecule has 3 rings (SSSR count). The summed E-state index contributed by atoms with van der Waals surface area (Å²) >= 11 is 0. The lowest BCUT2D eigenvalue weighted by molar-refractivity contribution is 0.445. The predicted octanol–water partition coefficient (Wildman–Crippen LogP) is 2.74. The van der Waals surface area contributed by atoms with Crippen molar-refractivity contribution in [1.29, 1.82) is 0 Å². The van der Waals surface area contributed by atoms with Crippen LogP contribution in [0.5, 0.6) is 0 Å². The van der Waals surface area contributed by atoms with Crippen LogP contribution in [-0.4, -0.2) is 35.8 Å². The summed E-state index contributed by atoms with van der Waals surface area (Å²) in [5, 5.41) is 0. The number of H-pyrrole nitrogens is 1. The number of nitrogens with zero attached hydrogens (tertiary/aromatic N) is 2. The average molecular weight is 385 g/mol. The molecule has 6 nitrogen and oxygen atoms in total. The van der Waals surface area contributed by atoms with Gasteiger partial charge in [-0.15, -0.1) is 0 Å². The Balaban J connectivity index is 1.92. The van der Waals surface area contributed by atoms with Crippen molar-refractivity contribution >= 4 is 21.1 Å². The standard InChI is InChI=1S/C20H23N3O3S/c1-3-23(4-2)27(25,26)16-11-13-17-19(14-16)22-20(24)18(21-17)12-10-15-8-6-5-7-9-15/h5-9,11,13-14H,3-4,10,12H2,1-2H3,(H,22,24). The first kappa shape index (κ1) is 19.3. The van der Waals surface area contributed by atoms with Crippen molar-refractivity contribution in [3.63, 3.8) is 0 Å². The minimum absolute atomic E-state index is 0.160. The van der Waals surface area contributed by atoms with Crippen molar-refractivity contribution in [2.75, 3.05) is 13.1 Å². The summed E-state index contributed by atoms with van der Waals surface area (Å²) in [6.45, 7) is 4.38. The molecule has 0 aliphatic heterocycles. The maximum Gasteiger partial charge on any atom is 0.270 e. The van der Waals surface area contributed by atoms with E-state index in [2.05, 4.69) is 9.97 Å². The zero-order valence-electron chi connectivity index (χ0n) is 15.5. The number of benzene rings is 2. The van der Waals surface area contributed by atoms with E-state index < -0.39 is 10.0 Å². The highest BCUT2D eigenvalue weighted by Gasteiger charge is 2.22. The van der Waals surface area contributed by atoms with Crippen molar-refractivity contribution < 1.29 is 8.42 Å². The summed E-state index contributed by atoms with van der Waals surface area (Å²) in [7, 11) is -3.58. The lowest BCUT2D eigenvalue weighted by Crippen LogP contribution is -2.30. The molecule has 2 aromatic carbocycles. The molecular formula is C20H23N3O3S. The van der Waals surface area contributed by atoms with Crippen LogP contribution in [0.25, 0.3) is 11.0 Å². The molecule has 0 unspecified atom stereocenters. The first-order chi connectivity index (χ1) is 13.0. The Morgan fingerprint density at radius 1 is 1.00 bits per heavy atom. The lowest BCUT2D eigenvalue weighted by Gasteiger charge is -2.18. The predicted molar refractivity (Wildman–Crippen MR) is 106 cm³/mol. The van der Waals surface area contributed by atoms with Gasteiger partial charge in [0.2, 0.25) is 10.0 Å². The third-order valence-corrected chi connectivity index (χ3v) is 6.62. The Bertz CT molecular complexity index is 1090. The van der Waals surface area contributed by atoms with Crippen molar-refractivity contribution in [2.24, 2.45) is 0 Å². The zero-order chi connectivity index (χ0) is 19.4. The van der Waals surface area contributed by atoms with Gasteiger partial charge in [-0.1, -0.05) is 44.2 Å². The van der Waals surface area contributed by atoms with Gasteiger partial charge in [0.05, 0.1) is 15.9 Å². The van der Waals surface area contributed by atoms with Crippen molar-refractivity contribution in [2.45, 2.75) is 31.6 Å². The van der Waals surface area contributed by atoms with E-state index in [-0.39, 0.29) is 10.5 Å². The summed E-state index contributed by atoms with van der Waals surface area (Å²) in [5.41, 5.74) is 2.31. The molecule has 0 fully saturated rings. The highest BCUT2D eigenvalue weighted by molar-refractivity contribution is 7.89. The molecule has 0 saturated heterocycles. The highest BCUT2D eigenvalue weighted by atomic mass is 32.2. The van der Waals surface area contributed by atoms with Gasteiger partial charge in [-0.05, 0) is 36.6 Å². The molecule has 0 spiro atoms. The molecule has 0 atom stereocenters. The number of hydrogen-bond acceptors (Lipinski definition) is 4. The summed E-state index contributed by atoms with van der Waals surface area (Å²) in [5.74, 6) is 0. The summed E-state index contributed by atoms with van der Waals surface area (Å²) in [4.78, 5) is 19.8. The molecule has 1 aromatic heterocycles. The second-order valence-electron chi connectivity index (χ2n) is 6.27. The fourth-order valence-corrected chi connectivity index (χ4v) is 4.54. The Morgan fingerprint density at radius 2 is 1.70 bits per heavy atom. The Hall–Kier alpha value is -2.51. The van der Waals surface area contributed by atoms with E-state index in [0.29, 0.717) is 36.2 Å². The van der Waals surface area contributed by atoms with Gasteiger partial charge in [0.25, 0.3) is 5.56 Å². The normalized spacial score (nSPS) is 12.0. The van der Waals surface area contributed by atoms with Crippen LogP contribution in [0, 0.1) is 0 Å². The van der Waals surface area contributed by atoms with Crippen LogP contribution in [0.4, 0.5) is 0 Å². The van der Waals surface area contributed by atoms with E-state index in [0.717, 1.165) is 12.0 Å². The van der Waals surface area contributed by atoms with Gasteiger partial charge in [-0.3, -0.25) is 4.79 Å². The smallest absolute Gasteiger partial charge is 0.270 e. The molecule has 1 heterocycles. The number of aromatic amines is 1. The maximum absolute atomic E-state index is 12.7. The van der Waals surface area contributed by atoms with Gasteiger partial charge >= 0.3 is 0 Å². The second-order valence-corrected chi connectivity index (χ2v) is 8.20. The molecule has 7 heteroatoms. The molecule has 0 aliphatic carbocycles. The summed E-state index contributed by atoms with van der Waals surface area (Å²) in [6, 6.07) is 14.6. The van der Waals surface area contributed by atoms with Crippen LogP contribution < -0.4 is 5.56 Å². The van der Waals surface area contributed by atoms with E-state index in [4.69, 9.17) is 0 Å². The largest absolute Gasteiger partial charge is 0.319 e. The van der Waals surface area contributed by atoms with E-state index in [1.807, 2.05) is 30.3 Å². The van der Waals surface area contributed by atoms with Gasteiger partial charge in [-0.25, -0.2) is 13.4 Å². The number of hydrogen-bond donors (Lipinski definition) is 1. The van der Waals surface area contributed by atoms with Crippen LogP contribution in [0.1, 0.15) is 25.1 Å². The Morgan fingerprint density at radius 3 is 2.37 bits per heavy atom. The number of aryl methyl sites for hydroxylation is 2.